The van der Waals surface area contributed by atoms with Crippen LogP contribution in [0.2, 0.25) is 0 Å². The summed E-state index contributed by atoms with van der Waals surface area (Å²) in [5.74, 6) is 3.65. The fourth-order valence-corrected chi connectivity index (χ4v) is 5.17. The zero-order valence-electron chi connectivity index (χ0n) is 9.95. The standard InChI is InChI=1S/C14H20O2/c1-2-13(15)16-12-5-10-7-14(10)6-9-3-8(12)4-11(9)14/h8-12H,2-7H2,1H3/t8?,9?,10?,11?,12?,14-/m1/s1. The van der Waals surface area contributed by atoms with Gasteiger partial charge in [0, 0.05) is 6.42 Å². The monoisotopic (exact) mass is 220 g/mol. The predicted octanol–water partition coefficient (Wildman–Crippen LogP) is 2.76. The first kappa shape index (κ1) is 9.49. The lowest BCUT2D eigenvalue weighted by atomic mass is 9.62. The van der Waals surface area contributed by atoms with Gasteiger partial charge in [0.05, 0.1) is 0 Å². The molecule has 1 spiro atoms. The van der Waals surface area contributed by atoms with E-state index in [-0.39, 0.29) is 12.1 Å². The van der Waals surface area contributed by atoms with Crippen LogP contribution in [-0.4, -0.2) is 12.1 Å². The summed E-state index contributed by atoms with van der Waals surface area (Å²) in [6.07, 6.45) is 7.65. The molecule has 0 N–H and O–H groups in total. The van der Waals surface area contributed by atoms with Crippen LogP contribution in [-0.2, 0) is 9.53 Å². The third-order valence-corrected chi connectivity index (χ3v) is 6.01. The van der Waals surface area contributed by atoms with Crippen LogP contribution in [0.4, 0.5) is 0 Å². The van der Waals surface area contributed by atoms with E-state index in [1.54, 1.807) is 0 Å². The summed E-state index contributed by atoms with van der Waals surface area (Å²) in [5, 5.41) is 0. The van der Waals surface area contributed by atoms with Crippen LogP contribution < -0.4 is 0 Å². The van der Waals surface area contributed by atoms with Crippen LogP contribution in [0, 0.1) is 29.1 Å². The number of ether oxygens (including phenoxy) is 1. The highest BCUT2D eigenvalue weighted by atomic mass is 16.5. The van der Waals surface area contributed by atoms with Gasteiger partial charge in [-0.05, 0) is 61.2 Å². The van der Waals surface area contributed by atoms with Gasteiger partial charge in [0.25, 0.3) is 0 Å². The van der Waals surface area contributed by atoms with Gasteiger partial charge in [-0.2, -0.15) is 0 Å². The van der Waals surface area contributed by atoms with Crippen LogP contribution in [0.25, 0.3) is 0 Å². The van der Waals surface area contributed by atoms with Crippen molar-refractivity contribution in [3.63, 3.8) is 0 Å². The van der Waals surface area contributed by atoms with Crippen LogP contribution in [0.5, 0.6) is 0 Å². The molecule has 0 radical (unpaired) electrons. The molecule has 4 rings (SSSR count). The maximum atomic E-state index is 11.5. The average Bonchev–Trinajstić information content (AvgIpc) is 2.84. The van der Waals surface area contributed by atoms with Gasteiger partial charge in [-0.1, -0.05) is 6.92 Å². The van der Waals surface area contributed by atoms with Crippen molar-refractivity contribution in [2.24, 2.45) is 29.1 Å². The van der Waals surface area contributed by atoms with Gasteiger partial charge in [-0.3, -0.25) is 4.79 Å². The lowest BCUT2D eigenvalue weighted by Gasteiger charge is -2.43. The second kappa shape index (κ2) is 2.83. The Bertz CT molecular complexity index is 351. The minimum atomic E-state index is 0.0127. The minimum Gasteiger partial charge on any atom is -0.462 e. The lowest BCUT2D eigenvalue weighted by Crippen LogP contribution is -2.36. The summed E-state index contributed by atoms with van der Waals surface area (Å²) in [7, 11) is 0. The Kier molecular flexibility index (Phi) is 1.68. The lowest BCUT2D eigenvalue weighted by molar-refractivity contribution is -0.152. The molecule has 0 amide bonds. The molecule has 4 saturated carbocycles. The van der Waals surface area contributed by atoms with Gasteiger partial charge in [0.15, 0.2) is 0 Å². The van der Waals surface area contributed by atoms with Crippen LogP contribution >= 0.6 is 0 Å². The van der Waals surface area contributed by atoms with Crippen molar-refractivity contribution in [3.8, 4) is 0 Å². The maximum Gasteiger partial charge on any atom is 0.305 e. The Labute approximate surface area is 96.7 Å². The van der Waals surface area contributed by atoms with E-state index in [0.717, 1.165) is 23.2 Å². The smallest absolute Gasteiger partial charge is 0.305 e. The van der Waals surface area contributed by atoms with Crippen molar-refractivity contribution < 1.29 is 9.53 Å². The van der Waals surface area contributed by atoms with Gasteiger partial charge in [0.1, 0.15) is 6.10 Å². The van der Waals surface area contributed by atoms with E-state index < -0.39 is 0 Å². The molecule has 16 heavy (non-hydrogen) atoms. The number of esters is 1. The van der Waals surface area contributed by atoms with Crippen LogP contribution in [0.15, 0.2) is 0 Å². The molecule has 6 atom stereocenters. The van der Waals surface area contributed by atoms with Gasteiger partial charge >= 0.3 is 5.97 Å². The van der Waals surface area contributed by atoms with Crippen molar-refractivity contribution in [2.75, 3.05) is 0 Å². The third kappa shape index (κ3) is 1.01. The Hall–Kier alpha value is -0.530. The Balaban J connectivity index is 1.55. The topological polar surface area (TPSA) is 26.3 Å². The van der Waals surface area contributed by atoms with Gasteiger partial charge in [0.2, 0.25) is 0 Å². The summed E-state index contributed by atoms with van der Waals surface area (Å²) >= 11 is 0. The zero-order valence-corrected chi connectivity index (χ0v) is 9.95. The van der Waals surface area contributed by atoms with E-state index in [0.29, 0.717) is 12.3 Å². The first-order chi connectivity index (χ1) is 7.73. The summed E-state index contributed by atoms with van der Waals surface area (Å²) in [6.45, 7) is 1.90. The first-order valence-electron chi connectivity index (χ1n) is 6.92. The second-order valence-electron chi connectivity index (χ2n) is 6.55. The number of carbonyl (C=O) groups excluding carboxylic acids is 1. The van der Waals surface area contributed by atoms with E-state index in [1.165, 1.54) is 32.1 Å². The molecule has 4 aliphatic carbocycles. The van der Waals surface area contributed by atoms with Gasteiger partial charge in [-0.15, -0.1) is 0 Å². The number of hydrogen-bond acceptors (Lipinski definition) is 2. The number of hydrogen-bond donors (Lipinski definition) is 0. The molecule has 2 heteroatoms. The van der Waals surface area contributed by atoms with Crippen molar-refractivity contribution in [1.29, 1.82) is 0 Å². The molecular weight excluding hydrogens is 200 g/mol. The van der Waals surface area contributed by atoms with Crippen molar-refractivity contribution in [2.45, 2.75) is 51.6 Å². The summed E-state index contributed by atoms with van der Waals surface area (Å²) in [6, 6.07) is 0. The second-order valence-corrected chi connectivity index (χ2v) is 6.55. The molecule has 4 aliphatic rings. The minimum absolute atomic E-state index is 0.0127. The normalized spacial score (nSPS) is 55.9. The molecule has 2 nitrogen and oxygen atoms in total. The van der Waals surface area contributed by atoms with E-state index in [4.69, 9.17) is 4.74 Å². The molecular formula is C14H20O2. The first-order valence-corrected chi connectivity index (χ1v) is 6.92. The van der Waals surface area contributed by atoms with Crippen LogP contribution in [0.1, 0.15) is 45.4 Å². The summed E-state index contributed by atoms with van der Waals surface area (Å²) in [4.78, 5) is 11.5. The Morgan fingerprint density at radius 2 is 2.12 bits per heavy atom. The maximum absolute atomic E-state index is 11.5. The molecule has 0 aromatic rings. The quantitative estimate of drug-likeness (QED) is 0.669. The molecule has 0 heterocycles. The summed E-state index contributed by atoms with van der Waals surface area (Å²) < 4.78 is 5.67. The molecule has 0 saturated heterocycles. The molecule has 0 aliphatic heterocycles. The molecule has 88 valence electrons. The highest BCUT2D eigenvalue weighted by Crippen LogP contribution is 2.78. The molecule has 5 unspecified atom stereocenters. The SMILES string of the molecule is CCC(=O)OC1CC2C[C@]23CC2CC1CC23. The van der Waals surface area contributed by atoms with E-state index >= 15 is 0 Å². The Morgan fingerprint density at radius 3 is 2.94 bits per heavy atom. The molecule has 2 bridgehead atoms. The number of rotatable bonds is 2. The number of carbonyl (C=O) groups is 1. The highest BCUT2D eigenvalue weighted by Gasteiger charge is 2.72. The van der Waals surface area contributed by atoms with Gasteiger partial charge in [-0.25, -0.2) is 0 Å². The van der Waals surface area contributed by atoms with Crippen molar-refractivity contribution in [3.05, 3.63) is 0 Å². The van der Waals surface area contributed by atoms with E-state index in [1.807, 2.05) is 6.92 Å². The van der Waals surface area contributed by atoms with Gasteiger partial charge < -0.3 is 4.74 Å². The van der Waals surface area contributed by atoms with E-state index in [2.05, 4.69) is 0 Å². The zero-order chi connectivity index (χ0) is 10.9. The summed E-state index contributed by atoms with van der Waals surface area (Å²) in [5.41, 5.74) is 0.757. The van der Waals surface area contributed by atoms with Crippen molar-refractivity contribution in [1.82, 2.24) is 0 Å². The molecule has 4 fully saturated rings. The molecule has 0 aromatic carbocycles. The average molecular weight is 220 g/mol. The van der Waals surface area contributed by atoms with Crippen molar-refractivity contribution >= 4 is 5.97 Å². The highest BCUT2D eigenvalue weighted by molar-refractivity contribution is 5.69. The fraction of sp³-hybridized carbons (Fsp3) is 0.929. The van der Waals surface area contributed by atoms with Crippen LogP contribution in [0.3, 0.4) is 0 Å². The molecule has 0 aromatic heterocycles. The Morgan fingerprint density at radius 1 is 1.25 bits per heavy atom. The third-order valence-electron chi connectivity index (χ3n) is 6.01. The predicted molar refractivity (Wildman–Crippen MR) is 59.6 cm³/mol. The van der Waals surface area contributed by atoms with E-state index in [9.17, 15) is 4.79 Å². The largest absolute Gasteiger partial charge is 0.462 e. The fourth-order valence-electron chi connectivity index (χ4n) is 5.17. The number of fused-ring (bicyclic) bond motifs is 1.